The first-order chi connectivity index (χ1) is 10.1. The van der Waals surface area contributed by atoms with Crippen LogP contribution in [-0.4, -0.2) is 45.9 Å². The average molecular weight is 343 g/mol. The van der Waals surface area contributed by atoms with Gasteiger partial charge in [-0.05, 0) is 24.6 Å². The van der Waals surface area contributed by atoms with E-state index >= 15 is 0 Å². The van der Waals surface area contributed by atoms with Gasteiger partial charge >= 0.3 is 0 Å². The van der Waals surface area contributed by atoms with Gasteiger partial charge in [-0.25, -0.2) is 0 Å². The number of hydrogen-bond acceptors (Lipinski definition) is 4. The number of benzene rings is 1. The molecular formula is C15H19ClN2OS2. The van der Waals surface area contributed by atoms with E-state index < -0.39 is 0 Å². The van der Waals surface area contributed by atoms with Crippen molar-refractivity contribution in [2.75, 3.05) is 23.8 Å². The summed E-state index contributed by atoms with van der Waals surface area (Å²) < 4.78 is 0. The molecule has 0 radical (unpaired) electrons. The molecule has 3 atom stereocenters. The van der Waals surface area contributed by atoms with Crippen molar-refractivity contribution in [3.63, 3.8) is 0 Å². The third-order valence-electron chi connectivity index (χ3n) is 3.82. The fraction of sp³-hybridized carbons (Fsp3) is 0.533. The summed E-state index contributed by atoms with van der Waals surface area (Å²) in [4.78, 5) is 14.4. The average Bonchev–Trinajstić information content (AvgIpc) is 2.77. The van der Waals surface area contributed by atoms with E-state index in [9.17, 15) is 4.79 Å². The van der Waals surface area contributed by atoms with E-state index in [2.05, 4.69) is 5.32 Å². The molecule has 2 heterocycles. The van der Waals surface area contributed by atoms with Gasteiger partial charge in [-0.2, -0.15) is 23.5 Å². The monoisotopic (exact) mass is 342 g/mol. The topological polar surface area (TPSA) is 32.3 Å². The predicted octanol–water partition coefficient (Wildman–Crippen LogP) is 3.01. The van der Waals surface area contributed by atoms with Gasteiger partial charge in [-0.1, -0.05) is 23.7 Å². The zero-order valence-corrected chi connectivity index (χ0v) is 14.3. The summed E-state index contributed by atoms with van der Waals surface area (Å²) in [6.45, 7) is 2.74. The molecule has 1 N–H and O–H groups in total. The standard InChI is InChI=1S/C15H19ClN2OS2/c1-10-15(19)18(8-13-9-20-5-6-21-13)14(17-10)11-3-2-4-12(16)7-11/h2-4,7,10,13-14,17H,5-6,8-9H2,1H3. The molecule has 2 fully saturated rings. The summed E-state index contributed by atoms with van der Waals surface area (Å²) in [5.41, 5.74) is 1.06. The minimum Gasteiger partial charge on any atom is -0.320 e. The highest BCUT2D eigenvalue weighted by atomic mass is 35.5. The summed E-state index contributed by atoms with van der Waals surface area (Å²) in [5.74, 6) is 3.73. The maximum atomic E-state index is 12.5. The van der Waals surface area contributed by atoms with Crippen LogP contribution in [0.15, 0.2) is 24.3 Å². The van der Waals surface area contributed by atoms with Gasteiger partial charge in [0, 0.05) is 34.1 Å². The molecule has 3 nitrogen and oxygen atoms in total. The lowest BCUT2D eigenvalue weighted by atomic mass is 10.1. The lowest BCUT2D eigenvalue weighted by molar-refractivity contribution is -0.129. The summed E-state index contributed by atoms with van der Waals surface area (Å²) in [6.07, 6.45) is -0.0567. The molecule has 0 spiro atoms. The fourth-order valence-electron chi connectivity index (χ4n) is 2.78. The summed E-state index contributed by atoms with van der Waals surface area (Å²) >= 11 is 10.1. The molecule has 0 aromatic heterocycles. The Morgan fingerprint density at radius 3 is 3.00 bits per heavy atom. The lowest BCUT2D eigenvalue weighted by Crippen LogP contribution is -2.38. The zero-order chi connectivity index (χ0) is 14.8. The van der Waals surface area contributed by atoms with Crippen LogP contribution < -0.4 is 5.32 Å². The van der Waals surface area contributed by atoms with Crippen molar-refractivity contribution in [2.24, 2.45) is 0 Å². The van der Waals surface area contributed by atoms with Crippen molar-refractivity contribution in [3.05, 3.63) is 34.9 Å². The highest BCUT2D eigenvalue weighted by molar-refractivity contribution is 8.06. The van der Waals surface area contributed by atoms with Crippen molar-refractivity contribution in [3.8, 4) is 0 Å². The Kier molecular flexibility index (Phi) is 5.04. The molecule has 2 saturated heterocycles. The van der Waals surface area contributed by atoms with Crippen molar-refractivity contribution in [1.29, 1.82) is 0 Å². The van der Waals surface area contributed by atoms with Crippen LogP contribution in [0, 0.1) is 0 Å². The molecule has 1 aromatic carbocycles. The number of halogens is 1. The Labute approximate surface area is 139 Å². The molecule has 114 valence electrons. The molecule has 0 aliphatic carbocycles. The van der Waals surface area contributed by atoms with Crippen LogP contribution >= 0.6 is 35.1 Å². The second-order valence-electron chi connectivity index (χ2n) is 5.40. The number of nitrogens with zero attached hydrogens (tertiary/aromatic N) is 1. The van der Waals surface area contributed by atoms with Crippen molar-refractivity contribution in [2.45, 2.75) is 24.4 Å². The fourth-order valence-corrected chi connectivity index (χ4v) is 5.65. The predicted molar refractivity (Wildman–Crippen MR) is 92.1 cm³/mol. The number of carbonyl (C=O) groups excluding carboxylic acids is 1. The highest BCUT2D eigenvalue weighted by Crippen LogP contribution is 2.31. The Hall–Kier alpha value is -0.360. The van der Waals surface area contributed by atoms with Crippen molar-refractivity contribution >= 4 is 41.0 Å². The van der Waals surface area contributed by atoms with Crippen LogP contribution in [0.4, 0.5) is 0 Å². The van der Waals surface area contributed by atoms with E-state index in [0.717, 1.165) is 17.9 Å². The molecule has 3 rings (SSSR count). The molecule has 3 unspecified atom stereocenters. The molecule has 0 bridgehead atoms. The first-order valence-corrected chi connectivity index (χ1v) is 9.74. The third kappa shape index (κ3) is 3.52. The Morgan fingerprint density at radius 2 is 2.29 bits per heavy atom. The van der Waals surface area contributed by atoms with Gasteiger partial charge < -0.3 is 4.90 Å². The molecule has 1 aromatic rings. The highest BCUT2D eigenvalue weighted by Gasteiger charge is 2.38. The van der Waals surface area contributed by atoms with Gasteiger partial charge in [0.1, 0.15) is 6.17 Å². The minimum atomic E-state index is -0.129. The Morgan fingerprint density at radius 1 is 1.43 bits per heavy atom. The number of amides is 1. The van der Waals surface area contributed by atoms with Gasteiger partial charge in [0.2, 0.25) is 5.91 Å². The van der Waals surface area contributed by atoms with E-state index in [1.807, 2.05) is 59.6 Å². The summed E-state index contributed by atoms with van der Waals surface area (Å²) in [5, 5.41) is 4.63. The van der Waals surface area contributed by atoms with Crippen LogP contribution in [0.1, 0.15) is 18.7 Å². The smallest absolute Gasteiger partial charge is 0.241 e. The molecule has 6 heteroatoms. The van der Waals surface area contributed by atoms with E-state index in [1.165, 1.54) is 11.5 Å². The largest absolute Gasteiger partial charge is 0.320 e. The number of hydrogen-bond donors (Lipinski definition) is 1. The molecular weight excluding hydrogens is 324 g/mol. The quantitative estimate of drug-likeness (QED) is 0.915. The van der Waals surface area contributed by atoms with Crippen LogP contribution in [0.3, 0.4) is 0 Å². The second kappa shape index (κ2) is 6.82. The Bertz CT molecular complexity index is 522. The minimum absolute atomic E-state index is 0.0567. The van der Waals surface area contributed by atoms with Gasteiger partial charge in [-0.3, -0.25) is 10.1 Å². The van der Waals surface area contributed by atoms with Gasteiger partial charge in [0.25, 0.3) is 0 Å². The second-order valence-corrected chi connectivity index (χ2v) is 8.40. The summed E-state index contributed by atoms with van der Waals surface area (Å²) in [7, 11) is 0. The first-order valence-electron chi connectivity index (χ1n) is 7.16. The van der Waals surface area contributed by atoms with Gasteiger partial charge in [0.05, 0.1) is 6.04 Å². The van der Waals surface area contributed by atoms with Crippen molar-refractivity contribution < 1.29 is 4.79 Å². The summed E-state index contributed by atoms with van der Waals surface area (Å²) in [6, 6.07) is 7.65. The van der Waals surface area contributed by atoms with E-state index in [1.54, 1.807) is 0 Å². The molecule has 0 saturated carbocycles. The molecule has 1 amide bonds. The lowest BCUT2D eigenvalue weighted by Gasteiger charge is -2.30. The first kappa shape index (κ1) is 15.5. The molecule has 21 heavy (non-hydrogen) atoms. The molecule has 2 aliphatic heterocycles. The SMILES string of the molecule is CC1NC(c2cccc(Cl)c2)N(CC2CSCCS2)C1=O. The van der Waals surface area contributed by atoms with E-state index in [-0.39, 0.29) is 18.1 Å². The van der Waals surface area contributed by atoms with Crippen LogP contribution in [0.5, 0.6) is 0 Å². The number of carbonyl (C=O) groups is 1. The zero-order valence-electron chi connectivity index (χ0n) is 11.9. The Balaban J connectivity index is 1.78. The number of rotatable bonds is 3. The number of nitrogens with one attached hydrogen (secondary N) is 1. The van der Waals surface area contributed by atoms with Gasteiger partial charge in [0.15, 0.2) is 0 Å². The maximum absolute atomic E-state index is 12.5. The maximum Gasteiger partial charge on any atom is 0.241 e. The van der Waals surface area contributed by atoms with Crippen LogP contribution in [0.25, 0.3) is 0 Å². The van der Waals surface area contributed by atoms with Gasteiger partial charge in [-0.15, -0.1) is 0 Å². The van der Waals surface area contributed by atoms with E-state index in [0.29, 0.717) is 10.3 Å². The van der Waals surface area contributed by atoms with Crippen molar-refractivity contribution in [1.82, 2.24) is 10.2 Å². The number of thioether (sulfide) groups is 2. The van der Waals surface area contributed by atoms with E-state index in [4.69, 9.17) is 11.6 Å². The third-order valence-corrected chi connectivity index (χ3v) is 6.89. The molecule has 2 aliphatic rings. The van der Waals surface area contributed by atoms with Crippen LogP contribution in [-0.2, 0) is 4.79 Å². The van der Waals surface area contributed by atoms with Crippen LogP contribution in [0.2, 0.25) is 5.02 Å². The normalized spacial score (nSPS) is 29.9.